The maximum atomic E-state index is 12.1. The fraction of sp³-hybridized carbons (Fsp3) is 0.346. The zero-order chi connectivity index (χ0) is 27.4. The molecule has 2 aromatic rings. The number of ether oxygens (including phenoxy) is 5. The van der Waals surface area contributed by atoms with Crippen LogP contribution in [0.15, 0.2) is 36.4 Å². The molecule has 0 fully saturated rings. The number of hydrogen-bond donors (Lipinski definition) is 3. The summed E-state index contributed by atoms with van der Waals surface area (Å²) in [6, 6.07) is 9.57. The van der Waals surface area contributed by atoms with Crippen molar-refractivity contribution in [2.45, 2.75) is 19.9 Å². The van der Waals surface area contributed by atoms with Gasteiger partial charge in [0, 0.05) is 6.07 Å². The van der Waals surface area contributed by atoms with Crippen LogP contribution in [0.1, 0.15) is 25.0 Å². The molecule has 1 unspecified atom stereocenters. The van der Waals surface area contributed by atoms with Gasteiger partial charge < -0.3 is 39.4 Å². The summed E-state index contributed by atoms with van der Waals surface area (Å²) in [5.41, 5.74) is 1.65. The van der Waals surface area contributed by atoms with Gasteiger partial charge in [-0.2, -0.15) is 0 Å². The Balaban J connectivity index is 1.93. The van der Waals surface area contributed by atoms with Gasteiger partial charge in [0.1, 0.15) is 24.1 Å². The smallest absolute Gasteiger partial charge is 0.497 e. The Morgan fingerprint density at radius 1 is 0.892 bits per heavy atom. The third-order valence-electron chi connectivity index (χ3n) is 5.07. The average Bonchev–Trinajstić information content (AvgIpc) is 2.88. The van der Waals surface area contributed by atoms with Gasteiger partial charge in [0.15, 0.2) is 11.5 Å². The second kappa shape index (κ2) is 14.2. The van der Waals surface area contributed by atoms with Gasteiger partial charge in [-0.25, -0.2) is 9.59 Å². The number of rotatable bonds is 12. The molecule has 11 nitrogen and oxygen atoms in total. The lowest BCUT2D eigenvalue weighted by atomic mass is 10.0. The molecule has 0 radical (unpaired) electrons. The van der Waals surface area contributed by atoms with E-state index in [1.165, 1.54) is 7.11 Å². The fourth-order valence-corrected chi connectivity index (χ4v) is 3.20. The molecule has 3 N–H and O–H groups in total. The first kappa shape index (κ1) is 28.8. The minimum atomic E-state index is -1.30. The third-order valence-corrected chi connectivity index (χ3v) is 5.07. The SMILES string of the molecule is COc1cc(/C=C/c2ccc(OC(=O)OCCNC(=O)C(NC(=O)O)C(C)C)c(OC)c2)cc(OC)c1. The molecule has 0 saturated heterocycles. The second-order valence-electron chi connectivity index (χ2n) is 8.05. The summed E-state index contributed by atoms with van der Waals surface area (Å²) in [6.45, 7) is 3.22. The van der Waals surface area contributed by atoms with Crippen molar-refractivity contribution in [3.05, 3.63) is 47.5 Å². The predicted molar refractivity (Wildman–Crippen MR) is 136 cm³/mol. The van der Waals surface area contributed by atoms with E-state index in [1.807, 2.05) is 24.3 Å². The van der Waals surface area contributed by atoms with Gasteiger partial charge in [0.25, 0.3) is 0 Å². The van der Waals surface area contributed by atoms with Crippen LogP contribution in [0, 0.1) is 5.92 Å². The molecule has 11 heteroatoms. The number of carbonyl (C=O) groups excluding carboxylic acids is 2. The molecule has 0 heterocycles. The van der Waals surface area contributed by atoms with Crippen molar-refractivity contribution in [2.24, 2.45) is 5.92 Å². The summed E-state index contributed by atoms with van der Waals surface area (Å²) < 4.78 is 26.1. The van der Waals surface area contributed by atoms with Crippen molar-refractivity contribution in [3.63, 3.8) is 0 Å². The molecule has 37 heavy (non-hydrogen) atoms. The van der Waals surface area contributed by atoms with Crippen LogP contribution in [-0.4, -0.2) is 63.8 Å². The van der Waals surface area contributed by atoms with Crippen LogP contribution < -0.4 is 29.6 Å². The predicted octanol–water partition coefficient (Wildman–Crippen LogP) is 3.81. The number of amides is 2. The van der Waals surface area contributed by atoms with Gasteiger partial charge in [-0.05, 0) is 41.3 Å². The standard InChI is InChI=1S/C26H32N2O9/c1-16(2)23(28-25(30)31)24(29)27-10-11-36-26(32)37-21-9-8-17(14-22(21)35-5)6-7-18-12-19(33-3)15-20(13-18)34-4/h6-9,12-16,23,28H,10-11H2,1-5H3,(H,27,29)(H,30,31)/b7-6+. The van der Waals surface area contributed by atoms with E-state index in [9.17, 15) is 14.4 Å². The normalized spacial score (nSPS) is 11.5. The van der Waals surface area contributed by atoms with Crippen LogP contribution >= 0.6 is 0 Å². The molecule has 0 aliphatic heterocycles. The van der Waals surface area contributed by atoms with E-state index in [2.05, 4.69) is 10.6 Å². The van der Waals surface area contributed by atoms with Crippen molar-refractivity contribution < 1.29 is 43.2 Å². The Morgan fingerprint density at radius 3 is 2.11 bits per heavy atom. The Bertz CT molecular complexity index is 1090. The first-order valence-electron chi connectivity index (χ1n) is 11.4. The Kier molecular flexibility index (Phi) is 11.1. The minimum Gasteiger partial charge on any atom is -0.497 e. The summed E-state index contributed by atoms with van der Waals surface area (Å²) >= 11 is 0. The van der Waals surface area contributed by atoms with E-state index in [0.717, 1.165) is 11.1 Å². The molecule has 200 valence electrons. The van der Waals surface area contributed by atoms with Crippen LogP contribution in [0.2, 0.25) is 0 Å². The number of carboxylic acid groups (broad SMARTS) is 1. The highest BCUT2D eigenvalue weighted by Gasteiger charge is 2.23. The van der Waals surface area contributed by atoms with Crippen LogP contribution in [-0.2, 0) is 9.53 Å². The van der Waals surface area contributed by atoms with E-state index >= 15 is 0 Å². The monoisotopic (exact) mass is 516 g/mol. The van der Waals surface area contributed by atoms with Gasteiger partial charge in [-0.15, -0.1) is 0 Å². The molecule has 0 aliphatic carbocycles. The molecule has 2 aromatic carbocycles. The van der Waals surface area contributed by atoms with Crippen LogP contribution in [0.25, 0.3) is 12.2 Å². The van der Waals surface area contributed by atoms with Crippen LogP contribution in [0.3, 0.4) is 0 Å². The van der Waals surface area contributed by atoms with Gasteiger partial charge >= 0.3 is 12.2 Å². The van der Waals surface area contributed by atoms with Crippen molar-refractivity contribution in [1.29, 1.82) is 0 Å². The molecule has 2 amide bonds. The fourth-order valence-electron chi connectivity index (χ4n) is 3.20. The highest BCUT2D eigenvalue weighted by molar-refractivity contribution is 5.85. The number of nitrogens with one attached hydrogen (secondary N) is 2. The van der Waals surface area contributed by atoms with Gasteiger partial charge in [0.2, 0.25) is 5.91 Å². The first-order chi connectivity index (χ1) is 17.7. The van der Waals surface area contributed by atoms with E-state index in [4.69, 9.17) is 28.8 Å². The van der Waals surface area contributed by atoms with Crippen molar-refractivity contribution in [1.82, 2.24) is 10.6 Å². The van der Waals surface area contributed by atoms with E-state index in [1.54, 1.807) is 52.3 Å². The largest absolute Gasteiger partial charge is 0.514 e. The molecule has 0 aromatic heterocycles. The molecule has 2 rings (SSSR count). The summed E-state index contributed by atoms with van der Waals surface area (Å²) in [4.78, 5) is 35.1. The average molecular weight is 517 g/mol. The highest BCUT2D eigenvalue weighted by atomic mass is 16.7. The summed E-state index contributed by atoms with van der Waals surface area (Å²) in [5, 5.41) is 13.5. The van der Waals surface area contributed by atoms with Crippen LogP contribution in [0.4, 0.5) is 9.59 Å². The third kappa shape index (κ3) is 9.28. The molecule has 1 atom stereocenters. The topological polar surface area (TPSA) is 142 Å². The van der Waals surface area contributed by atoms with Crippen molar-refractivity contribution in [3.8, 4) is 23.0 Å². The number of methoxy groups -OCH3 is 3. The van der Waals surface area contributed by atoms with Gasteiger partial charge in [0.05, 0.1) is 27.9 Å². The lowest BCUT2D eigenvalue weighted by molar-refractivity contribution is -0.124. The summed E-state index contributed by atoms with van der Waals surface area (Å²) in [7, 11) is 4.60. The quantitative estimate of drug-likeness (QED) is 0.166. The lowest BCUT2D eigenvalue weighted by Gasteiger charge is -2.19. The Hall–Kier alpha value is -4.41. The molecule has 0 saturated carbocycles. The number of benzene rings is 2. The van der Waals surface area contributed by atoms with E-state index in [0.29, 0.717) is 17.2 Å². The zero-order valence-corrected chi connectivity index (χ0v) is 21.4. The Labute approximate surface area is 215 Å². The zero-order valence-electron chi connectivity index (χ0n) is 21.4. The molecular formula is C26H32N2O9. The maximum Gasteiger partial charge on any atom is 0.514 e. The van der Waals surface area contributed by atoms with Crippen LogP contribution in [0.5, 0.6) is 23.0 Å². The van der Waals surface area contributed by atoms with E-state index in [-0.39, 0.29) is 24.8 Å². The molecule has 0 spiro atoms. The highest BCUT2D eigenvalue weighted by Crippen LogP contribution is 2.30. The molecule has 0 aliphatic rings. The summed E-state index contributed by atoms with van der Waals surface area (Å²) in [5.74, 6) is 1.01. The minimum absolute atomic E-state index is 0.0195. The van der Waals surface area contributed by atoms with Crippen molar-refractivity contribution in [2.75, 3.05) is 34.5 Å². The molecule has 0 bridgehead atoms. The van der Waals surface area contributed by atoms with Crippen molar-refractivity contribution >= 4 is 30.3 Å². The second-order valence-corrected chi connectivity index (χ2v) is 8.05. The summed E-state index contributed by atoms with van der Waals surface area (Å²) in [6.07, 6.45) is 1.44. The number of carbonyl (C=O) groups is 3. The Morgan fingerprint density at radius 2 is 1.54 bits per heavy atom. The lowest BCUT2D eigenvalue weighted by Crippen LogP contribution is -2.49. The number of hydrogen-bond acceptors (Lipinski definition) is 8. The van der Waals surface area contributed by atoms with E-state index < -0.39 is 24.2 Å². The van der Waals surface area contributed by atoms with Gasteiger partial charge in [-0.3, -0.25) is 4.79 Å². The van der Waals surface area contributed by atoms with Gasteiger partial charge in [-0.1, -0.05) is 32.1 Å². The first-order valence-corrected chi connectivity index (χ1v) is 11.4. The molecular weight excluding hydrogens is 484 g/mol. The maximum absolute atomic E-state index is 12.1.